The van der Waals surface area contributed by atoms with E-state index in [1.165, 1.54) is 24.7 Å². The van der Waals surface area contributed by atoms with Gasteiger partial charge in [-0.1, -0.05) is 30.3 Å². The van der Waals surface area contributed by atoms with Gasteiger partial charge in [-0.25, -0.2) is 0 Å². The number of fused-ring (bicyclic) bond motifs is 2. The number of ether oxygens (including phenoxy) is 1. The first-order valence-electron chi connectivity index (χ1n) is 8.15. The van der Waals surface area contributed by atoms with E-state index in [1.807, 2.05) is 6.08 Å². The number of carbonyl (C=O) groups is 1. The topological polar surface area (TPSA) is 29.5 Å². The lowest BCUT2D eigenvalue weighted by Crippen LogP contribution is -2.49. The Balaban J connectivity index is 1.89. The van der Waals surface area contributed by atoms with Crippen LogP contribution in [0.3, 0.4) is 0 Å². The Morgan fingerprint density at radius 3 is 2.73 bits per heavy atom. The molecule has 0 aromatic heterocycles. The molecule has 0 spiro atoms. The summed E-state index contributed by atoms with van der Waals surface area (Å²) in [6.45, 7) is 3.78. The Morgan fingerprint density at radius 1 is 1.36 bits per heavy atom. The predicted molar refractivity (Wildman–Crippen MR) is 87.8 cm³/mol. The summed E-state index contributed by atoms with van der Waals surface area (Å²) < 4.78 is 5.12. The van der Waals surface area contributed by atoms with Crippen LogP contribution < -0.4 is 0 Å². The Morgan fingerprint density at radius 2 is 2.09 bits per heavy atom. The van der Waals surface area contributed by atoms with Gasteiger partial charge in [-0.3, -0.25) is 9.69 Å². The summed E-state index contributed by atoms with van der Waals surface area (Å²) in [4.78, 5) is 14.8. The second-order valence-corrected chi connectivity index (χ2v) is 6.59. The number of hydrogen-bond acceptors (Lipinski definition) is 3. The Bertz CT molecular complexity index is 551. The van der Waals surface area contributed by atoms with Gasteiger partial charge in [0.05, 0.1) is 13.0 Å². The zero-order chi connectivity index (χ0) is 15.7. The van der Waals surface area contributed by atoms with Crippen LogP contribution in [-0.2, 0) is 16.0 Å². The molecule has 2 aliphatic heterocycles. The number of methoxy groups -OCH3 is 1. The molecule has 1 aromatic carbocycles. The van der Waals surface area contributed by atoms with Crippen LogP contribution in [0.2, 0.25) is 0 Å². The number of allylic oxidation sites excluding steroid dienone is 1. The van der Waals surface area contributed by atoms with E-state index in [1.54, 1.807) is 0 Å². The lowest BCUT2D eigenvalue weighted by molar-refractivity contribution is -0.150. The minimum Gasteiger partial charge on any atom is -0.469 e. The fourth-order valence-electron chi connectivity index (χ4n) is 4.33. The second-order valence-electron chi connectivity index (χ2n) is 6.59. The number of piperidine rings is 1. The van der Waals surface area contributed by atoms with Crippen molar-refractivity contribution >= 4 is 5.97 Å². The first-order chi connectivity index (χ1) is 10.7. The molecule has 4 atom stereocenters. The largest absolute Gasteiger partial charge is 0.469 e. The zero-order valence-corrected chi connectivity index (χ0v) is 13.5. The van der Waals surface area contributed by atoms with E-state index in [4.69, 9.17) is 4.74 Å². The monoisotopic (exact) mass is 299 g/mol. The van der Waals surface area contributed by atoms with Gasteiger partial charge in [-0.2, -0.15) is 0 Å². The Labute approximate surface area is 133 Å². The normalized spacial score (nSPS) is 31.0. The smallest absolute Gasteiger partial charge is 0.310 e. The molecule has 3 nitrogen and oxygen atoms in total. The average Bonchev–Trinajstić information content (AvgIpc) is 2.77. The standard InChI is InChI=1S/C19H25NO2/c1-4-5-13-6-8-14(9-7-13)16-12-15-10-11-17(20(15)2)18(16)19(21)22-3/h4,6-9,15-18H,1,5,10-12H2,2-3H3/t15-,16-,17?,18?/m1/s1. The van der Waals surface area contributed by atoms with Crippen LogP contribution >= 0.6 is 0 Å². The quantitative estimate of drug-likeness (QED) is 0.632. The van der Waals surface area contributed by atoms with E-state index < -0.39 is 0 Å². The summed E-state index contributed by atoms with van der Waals surface area (Å²) in [5.41, 5.74) is 2.54. The molecular weight excluding hydrogens is 274 g/mol. The molecule has 2 heterocycles. The van der Waals surface area contributed by atoms with Gasteiger partial charge in [0.2, 0.25) is 0 Å². The van der Waals surface area contributed by atoms with Gasteiger partial charge in [0.1, 0.15) is 0 Å². The molecule has 0 amide bonds. The first kappa shape index (κ1) is 15.3. The number of nitrogens with zero attached hydrogens (tertiary/aromatic N) is 1. The van der Waals surface area contributed by atoms with Crippen LogP contribution in [0.25, 0.3) is 0 Å². The van der Waals surface area contributed by atoms with Crippen LogP contribution in [-0.4, -0.2) is 37.1 Å². The number of esters is 1. The average molecular weight is 299 g/mol. The summed E-state index contributed by atoms with van der Waals surface area (Å²) in [6.07, 6.45) is 6.15. The summed E-state index contributed by atoms with van der Waals surface area (Å²) in [7, 11) is 3.66. The molecular formula is C19H25NO2. The van der Waals surface area contributed by atoms with Gasteiger partial charge in [-0.15, -0.1) is 6.58 Å². The molecule has 22 heavy (non-hydrogen) atoms. The fourth-order valence-corrected chi connectivity index (χ4v) is 4.33. The molecule has 3 heteroatoms. The summed E-state index contributed by atoms with van der Waals surface area (Å²) in [6, 6.07) is 9.61. The van der Waals surface area contributed by atoms with Gasteiger partial charge < -0.3 is 4.74 Å². The third-order valence-corrected chi connectivity index (χ3v) is 5.53. The van der Waals surface area contributed by atoms with Gasteiger partial charge in [0.25, 0.3) is 0 Å². The van der Waals surface area contributed by atoms with Crippen LogP contribution in [0, 0.1) is 5.92 Å². The van der Waals surface area contributed by atoms with Crippen molar-refractivity contribution in [3.05, 3.63) is 48.0 Å². The third kappa shape index (κ3) is 2.58. The highest BCUT2D eigenvalue weighted by molar-refractivity contribution is 5.75. The highest BCUT2D eigenvalue weighted by Gasteiger charge is 2.49. The Hall–Kier alpha value is -1.61. The molecule has 118 valence electrons. The molecule has 2 saturated heterocycles. The number of benzene rings is 1. The van der Waals surface area contributed by atoms with Crippen molar-refractivity contribution < 1.29 is 9.53 Å². The molecule has 0 aliphatic carbocycles. The van der Waals surface area contributed by atoms with Crippen molar-refractivity contribution in [1.29, 1.82) is 0 Å². The first-order valence-corrected chi connectivity index (χ1v) is 8.15. The van der Waals surface area contributed by atoms with Crippen LogP contribution in [0.15, 0.2) is 36.9 Å². The molecule has 0 radical (unpaired) electrons. The lowest BCUT2D eigenvalue weighted by Gasteiger charge is -2.41. The molecule has 2 fully saturated rings. The van der Waals surface area contributed by atoms with Crippen LogP contribution in [0.1, 0.15) is 36.3 Å². The molecule has 3 rings (SSSR count). The summed E-state index contributed by atoms with van der Waals surface area (Å²) in [5.74, 6) is 0.176. The molecule has 2 aliphatic rings. The third-order valence-electron chi connectivity index (χ3n) is 5.53. The molecule has 1 aromatic rings. The minimum absolute atomic E-state index is 0.0426. The van der Waals surface area contributed by atoms with E-state index >= 15 is 0 Å². The summed E-state index contributed by atoms with van der Waals surface area (Å²) in [5, 5.41) is 0. The summed E-state index contributed by atoms with van der Waals surface area (Å²) >= 11 is 0. The van der Waals surface area contributed by atoms with Gasteiger partial charge in [0.15, 0.2) is 0 Å². The van der Waals surface area contributed by atoms with E-state index in [-0.39, 0.29) is 17.8 Å². The molecule has 0 N–H and O–H groups in total. The van der Waals surface area contributed by atoms with Crippen molar-refractivity contribution in [3.8, 4) is 0 Å². The number of hydrogen-bond donors (Lipinski definition) is 0. The number of rotatable bonds is 4. The maximum absolute atomic E-state index is 12.4. The zero-order valence-electron chi connectivity index (χ0n) is 13.5. The van der Waals surface area contributed by atoms with Gasteiger partial charge >= 0.3 is 5.97 Å². The lowest BCUT2D eigenvalue weighted by atomic mass is 9.76. The van der Waals surface area contributed by atoms with Crippen LogP contribution in [0.5, 0.6) is 0 Å². The highest BCUT2D eigenvalue weighted by Crippen LogP contribution is 2.46. The fraction of sp³-hybridized carbons (Fsp3) is 0.526. The van der Waals surface area contributed by atoms with Gasteiger partial charge in [0, 0.05) is 18.0 Å². The van der Waals surface area contributed by atoms with Gasteiger partial charge in [-0.05, 0) is 43.9 Å². The van der Waals surface area contributed by atoms with E-state index in [0.717, 1.165) is 19.3 Å². The van der Waals surface area contributed by atoms with E-state index in [2.05, 4.69) is 42.8 Å². The highest BCUT2D eigenvalue weighted by atomic mass is 16.5. The van der Waals surface area contributed by atoms with Crippen molar-refractivity contribution in [1.82, 2.24) is 4.90 Å². The van der Waals surface area contributed by atoms with Crippen molar-refractivity contribution in [2.24, 2.45) is 5.92 Å². The maximum Gasteiger partial charge on any atom is 0.310 e. The van der Waals surface area contributed by atoms with E-state index in [0.29, 0.717) is 12.1 Å². The molecule has 2 unspecified atom stereocenters. The van der Waals surface area contributed by atoms with Crippen molar-refractivity contribution in [2.45, 2.75) is 43.7 Å². The molecule has 0 saturated carbocycles. The van der Waals surface area contributed by atoms with Crippen molar-refractivity contribution in [2.75, 3.05) is 14.2 Å². The SMILES string of the molecule is C=CCc1ccc([C@H]2C[C@H]3CCC(C2C(=O)OC)N3C)cc1. The Kier molecular flexibility index (Phi) is 4.34. The second kappa shape index (κ2) is 6.25. The van der Waals surface area contributed by atoms with Crippen molar-refractivity contribution in [3.63, 3.8) is 0 Å². The number of carbonyl (C=O) groups excluding carboxylic acids is 1. The maximum atomic E-state index is 12.4. The van der Waals surface area contributed by atoms with Crippen LogP contribution in [0.4, 0.5) is 0 Å². The molecule has 2 bridgehead atoms. The predicted octanol–water partition coefficient (Wildman–Crippen LogP) is 3.15. The minimum atomic E-state index is -0.0580. The van der Waals surface area contributed by atoms with E-state index in [9.17, 15) is 4.79 Å².